The van der Waals surface area contributed by atoms with E-state index in [-0.39, 0.29) is 30.2 Å². The standard InChI is InChI=1S/C17H22N2O5/c1-3-19-9-13(8-15(19)20)17(23)18-11(2)12-4-6-14(7-5-12)24-10-16(21)22/h4-7,11,13H,3,8-10H2,1-2H3,(H,18,23)(H,21,22)/t11-,13+/m0/s1. The second kappa shape index (κ2) is 7.81. The van der Waals surface area contributed by atoms with Gasteiger partial charge in [0, 0.05) is 19.5 Å². The van der Waals surface area contributed by atoms with Crippen molar-refractivity contribution in [2.45, 2.75) is 26.3 Å². The van der Waals surface area contributed by atoms with Crippen molar-refractivity contribution in [1.82, 2.24) is 10.2 Å². The average molecular weight is 334 g/mol. The van der Waals surface area contributed by atoms with Crippen molar-refractivity contribution in [3.8, 4) is 5.75 Å². The van der Waals surface area contributed by atoms with Crippen LogP contribution in [0.3, 0.4) is 0 Å². The second-order valence-electron chi connectivity index (χ2n) is 5.82. The molecule has 1 aliphatic heterocycles. The quantitative estimate of drug-likeness (QED) is 0.781. The second-order valence-corrected chi connectivity index (χ2v) is 5.82. The fourth-order valence-corrected chi connectivity index (χ4v) is 2.67. The molecule has 0 bridgehead atoms. The number of hydrogen-bond acceptors (Lipinski definition) is 4. The molecule has 0 aliphatic carbocycles. The number of aliphatic carboxylic acids is 1. The zero-order valence-electron chi connectivity index (χ0n) is 13.8. The summed E-state index contributed by atoms with van der Waals surface area (Å²) in [5.74, 6) is -0.993. The minimum absolute atomic E-state index is 0.0187. The minimum Gasteiger partial charge on any atom is -0.482 e. The predicted molar refractivity (Wildman–Crippen MR) is 86.5 cm³/mol. The first kappa shape index (κ1) is 17.8. The average Bonchev–Trinajstić information content (AvgIpc) is 2.94. The number of nitrogens with one attached hydrogen (secondary N) is 1. The highest BCUT2D eigenvalue weighted by Crippen LogP contribution is 2.21. The Kier molecular flexibility index (Phi) is 5.78. The molecule has 0 radical (unpaired) electrons. The molecule has 24 heavy (non-hydrogen) atoms. The van der Waals surface area contributed by atoms with Gasteiger partial charge in [0.15, 0.2) is 6.61 Å². The van der Waals surface area contributed by atoms with E-state index < -0.39 is 12.6 Å². The van der Waals surface area contributed by atoms with Crippen LogP contribution in [-0.2, 0) is 14.4 Å². The van der Waals surface area contributed by atoms with Crippen LogP contribution >= 0.6 is 0 Å². The van der Waals surface area contributed by atoms with E-state index in [1.54, 1.807) is 29.2 Å². The summed E-state index contributed by atoms with van der Waals surface area (Å²) in [7, 11) is 0. The van der Waals surface area contributed by atoms with E-state index in [1.807, 2.05) is 13.8 Å². The van der Waals surface area contributed by atoms with Crippen molar-refractivity contribution in [2.75, 3.05) is 19.7 Å². The van der Waals surface area contributed by atoms with Gasteiger partial charge in [-0.2, -0.15) is 0 Å². The van der Waals surface area contributed by atoms with Crippen LogP contribution in [0.1, 0.15) is 31.9 Å². The number of ether oxygens (including phenoxy) is 1. The molecular weight excluding hydrogens is 312 g/mol. The van der Waals surface area contributed by atoms with Crippen molar-refractivity contribution in [2.24, 2.45) is 5.92 Å². The molecule has 0 spiro atoms. The number of carboxylic acids is 1. The summed E-state index contributed by atoms with van der Waals surface area (Å²) in [6.45, 7) is 4.45. The first-order valence-electron chi connectivity index (χ1n) is 7.93. The SMILES string of the molecule is CCN1C[C@H](C(=O)N[C@@H](C)c2ccc(OCC(=O)O)cc2)CC1=O. The monoisotopic (exact) mass is 334 g/mol. The number of hydrogen-bond donors (Lipinski definition) is 2. The lowest BCUT2D eigenvalue weighted by atomic mass is 10.0. The van der Waals surface area contributed by atoms with Gasteiger partial charge in [-0.05, 0) is 31.5 Å². The van der Waals surface area contributed by atoms with Crippen molar-refractivity contribution in [3.63, 3.8) is 0 Å². The lowest BCUT2D eigenvalue weighted by Crippen LogP contribution is -2.34. The van der Waals surface area contributed by atoms with Gasteiger partial charge in [0.25, 0.3) is 0 Å². The summed E-state index contributed by atoms with van der Waals surface area (Å²) in [6.07, 6.45) is 0.258. The van der Waals surface area contributed by atoms with Gasteiger partial charge in [0.05, 0.1) is 12.0 Å². The first-order valence-corrected chi connectivity index (χ1v) is 7.93. The first-order chi connectivity index (χ1) is 11.4. The Bertz CT molecular complexity index is 614. The third-order valence-electron chi connectivity index (χ3n) is 4.07. The van der Waals surface area contributed by atoms with Gasteiger partial charge < -0.3 is 20.1 Å². The molecule has 1 heterocycles. The maximum atomic E-state index is 12.3. The summed E-state index contributed by atoms with van der Waals surface area (Å²) in [5, 5.41) is 11.5. The highest BCUT2D eigenvalue weighted by atomic mass is 16.5. The van der Waals surface area contributed by atoms with Crippen molar-refractivity contribution < 1.29 is 24.2 Å². The lowest BCUT2D eigenvalue weighted by molar-refractivity contribution is -0.139. The largest absolute Gasteiger partial charge is 0.482 e. The van der Waals surface area contributed by atoms with Gasteiger partial charge in [-0.1, -0.05) is 12.1 Å². The number of benzene rings is 1. The fourth-order valence-electron chi connectivity index (χ4n) is 2.67. The Labute approximate surface area is 140 Å². The smallest absolute Gasteiger partial charge is 0.341 e. The zero-order valence-corrected chi connectivity index (χ0v) is 13.8. The van der Waals surface area contributed by atoms with Gasteiger partial charge in [-0.15, -0.1) is 0 Å². The number of carbonyl (C=O) groups excluding carboxylic acids is 2. The molecule has 1 aromatic carbocycles. The Hall–Kier alpha value is -2.57. The normalized spacial score (nSPS) is 18.3. The maximum Gasteiger partial charge on any atom is 0.341 e. The number of carbonyl (C=O) groups is 3. The molecule has 130 valence electrons. The van der Waals surface area contributed by atoms with E-state index in [9.17, 15) is 14.4 Å². The van der Waals surface area contributed by atoms with Gasteiger partial charge in [-0.3, -0.25) is 9.59 Å². The maximum absolute atomic E-state index is 12.3. The molecule has 2 N–H and O–H groups in total. The molecule has 7 nitrogen and oxygen atoms in total. The third-order valence-corrected chi connectivity index (χ3v) is 4.07. The lowest BCUT2D eigenvalue weighted by Gasteiger charge is -2.18. The van der Waals surface area contributed by atoms with Gasteiger partial charge in [0.1, 0.15) is 5.75 Å². The molecule has 2 rings (SSSR count). The number of likely N-dealkylation sites (tertiary alicyclic amines) is 1. The summed E-state index contributed by atoms with van der Waals surface area (Å²) >= 11 is 0. The molecule has 1 aromatic rings. The Morgan fingerprint density at radius 2 is 2.04 bits per heavy atom. The molecular formula is C17H22N2O5. The van der Waals surface area contributed by atoms with Gasteiger partial charge in [0.2, 0.25) is 11.8 Å². The predicted octanol–water partition coefficient (Wildman–Crippen LogP) is 1.20. The number of carboxylic acid groups (broad SMARTS) is 1. The van der Waals surface area contributed by atoms with E-state index >= 15 is 0 Å². The van der Waals surface area contributed by atoms with E-state index in [4.69, 9.17) is 9.84 Å². The van der Waals surface area contributed by atoms with E-state index in [2.05, 4.69) is 5.32 Å². The van der Waals surface area contributed by atoms with Crippen LogP contribution in [0.4, 0.5) is 0 Å². The van der Waals surface area contributed by atoms with Gasteiger partial charge >= 0.3 is 5.97 Å². The molecule has 0 unspecified atom stereocenters. The van der Waals surface area contributed by atoms with Crippen molar-refractivity contribution in [1.29, 1.82) is 0 Å². The molecule has 7 heteroatoms. The van der Waals surface area contributed by atoms with Crippen LogP contribution < -0.4 is 10.1 Å². The topological polar surface area (TPSA) is 95.9 Å². The van der Waals surface area contributed by atoms with Crippen molar-refractivity contribution >= 4 is 17.8 Å². The molecule has 1 saturated heterocycles. The highest BCUT2D eigenvalue weighted by Gasteiger charge is 2.33. The van der Waals surface area contributed by atoms with E-state index in [1.165, 1.54) is 0 Å². The summed E-state index contributed by atoms with van der Waals surface area (Å²) in [4.78, 5) is 36.2. The molecule has 2 amide bonds. The number of nitrogens with zero attached hydrogens (tertiary/aromatic N) is 1. The zero-order chi connectivity index (χ0) is 17.7. The Balaban J connectivity index is 1.90. The van der Waals surface area contributed by atoms with Crippen LogP contribution in [-0.4, -0.2) is 47.5 Å². The van der Waals surface area contributed by atoms with Gasteiger partial charge in [-0.25, -0.2) is 4.79 Å². The molecule has 1 fully saturated rings. The van der Waals surface area contributed by atoms with Crippen LogP contribution in [0.25, 0.3) is 0 Å². The van der Waals surface area contributed by atoms with Crippen LogP contribution in [0.5, 0.6) is 5.75 Å². The third kappa shape index (κ3) is 4.47. The highest BCUT2D eigenvalue weighted by molar-refractivity contribution is 5.89. The summed E-state index contributed by atoms with van der Waals surface area (Å²) < 4.78 is 5.07. The Morgan fingerprint density at radius 3 is 2.58 bits per heavy atom. The fraction of sp³-hybridized carbons (Fsp3) is 0.471. The summed E-state index contributed by atoms with van der Waals surface area (Å²) in [6, 6.07) is 6.68. The minimum atomic E-state index is -1.04. The molecule has 0 aromatic heterocycles. The molecule has 1 aliphatic rings. The molecule has 2 atom stereocenters. The Morgan fingerprint density at radius 1 is 1.38 bits per heavy atom. The molecule has 0 saturated carbocycles. The van der Waals surface area contributed by atoms with Crippen LogP contribution in [0.2, 0.25) is 0 Å². The number of amides is 2. The van der Waals surface area contributed by atoms with E-state index in [0.717, 1.165) is 5.56 Å². The number of rotatable bonds is 7. The summed E-state index contributed by atoms with van der Waals surface area (Å²) in [5.41, 5.74) is 0.877. The van der Waals surface area contributed by atoms with Crippen molar-refractivity contribution in [3.05, 3.63) is 29.8 Å². The van der Waals surface area contributed by atoms with Crippen LogP contribution in [0.15, 0.2) is 24.3 Å². The van der Waals surface area contributed by atoms with E-state index in [0.29, 0.717) is 18.8 Å². The van der Waals surface area contributed by atoms with Crippen LogP contribution in [0, 0.1) is 5.92 Å².